The molecule has 0 aliphatic heterocycles. The molecule has 2 amide bonds. The van der Waals surface area contributed by atoms with Gasteiger partial charge in [0.05, 0.1) is 6.61 Å². The van der Waals surface area contributed by atoms with Crippen molar-refractivity contribution in [3.63, 3.8) is 0 Å². The van der Waals surface area contributed by atoms with E-state index in [9.17, 15) is 9.59 Å². The number of rotatable bonds is 7. The molecule has 0 radical (unpaired) electrons. The molecule has 2 N–H and O–H groups in total. The molecule has 0 aliphatic rings. The van der Waals surface area contributed by atoms with E-state index >= 15 is 0 Å². The molecule has 0 atom stereocenters. The lowest BCUT2D eigenvalue weighted by molar-refractivity contribution is -0.116. The number of hydrogen-bond acceptors (Lipinski definition) is 4. The standard InChI is InChI=1S/C18H21N3O3/c1-3-7-16(22)20-13-8-5-9-14(12-13)21-17(23)15-10-6-11-19-18(15)24-4-2/h5-6,8-12H,3-4,7H2,1-2H3,(H,20,22)(H,21,23). The third kappa shape index (κ3) is 4.81. The van der Waals surface area contributed by atoms with Gasteiger partial charge in [-0.25, -0.2) is 4.98 Å². The Labute approximate surface area is 141 Å². The van der Waals surface area contributed by atoms with Gasteiger partial charge in [0.1, 0.15) is 5.56 Å². The Morgan fingerprint density at radius 1 is 1.08 bits per heavy atom. The van der Waals surface area contributed by atoms with Gasteiger partial charge in [0, 0.05) is 24.0 Å². The van der Waals surface area contributed by atoms with E-state index in [-0.39, 0.29) is 11.8 Å². The van der Waals surface area contributed by atoms with E-state index in [4.69, 9.17) is 4.74 Å². The fourth-order valence-corrected chi connectivity index (χ4v) is 2.14. The highest BCUT2D eigenvalue weighted by molar-refractivity contribution is 6.06. The van der Waals surface area contributed by atoms with Crippen molar-refractivity contribution >= 4 is 23.2 Å². The quantitative estimate of drug-likeness (QED) is 0.816. The van der Waals surface area contributed by atoms with Crippen molar-refractivity contribution in [2.24, 2.45) is 0 Å². The number of nitrogens with one attached hydrogen (secondary N) is 2. The molecule has 1 aromatic heterocycles. The second kappa shape index (κ2) is 8.67. The molecule has 0 spiro atoms. The van der Waals surface area contributed by atoms with E-state index < -0.39 is 0 Å². The van der Waals surface area contributed by atoms with Gasteiger partial charge in [0.25, 0.3) is 5.91 Å². The van der Waals surface area contributed by atoms with Crippen LogP contribution in [0.4, 0.5) is 11.4 Å². The van der Waals surface area contributed by atoms with Crippen LogP contribution in [0.15, 0.2) is 42.6 Å². The average Bonchev–Trinajstić information content (AvgIpc) is 2.56. The zero-order valence-electron chi connectivity index (χ0n) is 13.8. The first kappa shape index (κ1) is 17.5. The van der Waals surface area contributed by atoms with Crippen molar-refractivity contribution in [2.45, 2.75) is 26.7 Å². The number of benzene rings is 1. The van der Waals surface area contributed by atoms with Crippen molar-refractivity contribution in [3.05, 3.63) is 48.2 Å². The van der Waals surface area contributed by atoms with E-state index in [1.165, 1.54) is 0 Å². The third-order valence-corrected chi connectivity index (χ3v) is 3.18. The molecule has 6 heteroatoms. The molecular weight excluding hydrogens is 306 g/mol. The second-order valence-electron chi connectivity index (χ2n) is 5.12. The molecule has 1 aromatic carbocycles. The molecule has 0 bridgehead atoms. The molecule has 2 rings (SSSR count). The van der Waals surface area contributed by atoms with Gasteiger partial charge in [0.15, 0.2) is 0 Å². The van der Waals surface area contributed by atoms with Gasteiger partial charge in [-0.05, 0) is 43.7 Å². The van der Waals surface area contributed by atoms with Crippen LogP contribution in [-0.4, -0.2) is 23.4 Å². The SMILES string of the molecule is CCCC(=O)Nc1cccc(NC(=O)c2cccnc2OCC)c1. The van der Waals surface area contributed by atoms with E-state index in [0.29, 0.717) is 35.8 Å². The summed E-state index contributed by atoms with van der Waals surface area (Å²) in [5, 5.41) is 5.59. The largest absolute Gasteiger partial charge is 0.477 e. The van der Waals surface area contributed by atoms with Gasteiger partial charge in [-0.3, -0.25) is 9.59 Å². The number of anilines is 2. The first-order valence-corrected chi connectivity index (χ1v) is 7.93. The third-order valence-electron chi connectivity index (χ3n) is 3.18. The van der Waals surface area contributed by atoms with Crippen LogP contribution in [-0.2, 0) is 4.79 Å². The fourth-order valence-electron chi connectivity index (χ4n) is 2.14. The van der Waals surface area contributed by atoms with Crippen LogP contribution in [0.3, 0.4) is 0 Å². The Bertz CT molecular complexity index is 716. The number of carbonyl (C=O) groups excluding carboxylic acids is 2. The van der Waals surface area contributed by atoms with Gasteiger partial charge >= 0.3 is 0 Å². The highest BCUT2D eigenvalue weighted by Gasteiger charge is 2.13. The molecule has 0 unspecified atom stereocenters. The summed E-state index contributed by atoms with van der Waals surface area (Å²) in [6, 6.07) is 10.3. The zero-order chi connectivity index (χ0) is 17.4. The number of nitrogens with zero attached hydrogens (tertiary/aromatic N) is 1. The Morgan fingerprint density at radius 3 is 2.54 bits per heavy atom. The zero-order valence-corrected chi connectivity index (χ0v) is 13.8. The van der Waals surface area contributed by atoms with Crippen LogP contribution in [0.5, 0.6) is 5.88 Å². The van der Waals surface area contributed by atoms with E-state index in [1.807, 2.05) is 13.8 Å². The molecule has 0 aliphatic carbocycles. The van der Waals surface area contributed by atoms with Crippen molar-refractivity contribution in [1.29, 1.82) is 0 Å². The van der Waals surface area contributed by atoms with Crippen LogP contribution in [0.1, 0.15) is 37.0 Å². The number of aromatic nitrogens is 1. The summed E-state index contributed by atoms with van der Waals surface area (Å²) < 4.78 is 5.37. The maximum Gasteiger partial charge on any atom is 0.261 e. The summed E-state index contributed by atoms with van der Waals surface area (Å²) in [4.78, 5) is 28.2. The summed E-state index contributed by atoms with van der Waals surface area (Å²) in [5.41, 5.74) is 1.59. The number of carbonyl (C=O) groups is 2. The molecule has 6 nitrogen and oxygen atoms in total. The number of amides is 2. The van der Waals surface area contributed by atoms with Gasteiger partial charge in [-0.1, -0.05) is 13.0 Å². The summed E-state index contributed by atoms with van der Waals surface area (Å²) >= 11 is 0. The minimum absolute atomic E-state index is 0.0492. The smallest absolute Gasteiger partial charge is 0.261 e. The molecule has 1 heterocycles. The fraction of sp³-hybridized carbons (Fsp3) is 0.278. The molecule has 24 heavy (non-hydrogen) atoms. The first-order chi connectivity index (χ1) is 11.6. The summed E-state index contributed by atoms with van der Waals surface area (Å²) in [5.74, 6) is -0.0691. The number of pyridine rings is 1. The minimum atomic E-state index is -0.316. The van der Waals surface area contributed by atoms with E-state index in [0.717, 1.165) is 6.42 Å². The monoisotopic (exact) mass is 327 g/mol. The van der Waals surface area contributed by atoms with E-state index in [1.54, 1.807) is 42.6 Å². The average molecular weight is 327 g/mol. The van der Waals surface area contributed by atoms with Crippen molar-refractivity contribution < 1.29 is 14.3 Å². The van der Waals surface area contributed by atoms with Crippen LogP contribution < -0.4 is 15.4 Å². The van der Waals surface area contributed by atoms with Crippen LogP contribution in [0, 0.1) is 0 Å². The lowest BCUT2D eigenvalue weighted by atomic mass is 10.2. The predicted octanol–water partition coefficient (Wildman–Crippen LogP) is 3.47. The summed E-state index contributed by atoms with van der Waals surface area (Å²) in [6.07, 6.45) is 2.82. The lowest BCUT2D eigenvalue weighted by Crippen LogP contribution is -2.15. The minimum Gasteiger partial charge on any atom is -0.477 e. The summed E-state index contributed by atoms with van der Waals surface area (Å²) in [7, 11) is 0. The number of hydrogen-bond donors (Lipinski definition) is 2. The van der Waals surface area contributed by atoms with Gasteiger partial charge < -0.3 is 15.4 Å². The van der Waals surface area contributed by atoms with Crippen molar-refractivity contribution in [3.8, 4) is 5.88 Å². The molecule has 126 valence electrons. The highest BCUT2D eigenvalue weighted by Crippen LogP contribution is 2.19. The lowest BCUT2D eigenvalue weighted by Gasteiger charge is -2.11. The molecule has 0 saturated heterocycles. The molecular formula is C18H21N3O3. The van der Waals surface area contributed by atoms with Crippen LogP contribution >= 0.6 is 0 Å². The van der Waals surface area contributed by atoms with Gasteiger partial charge in [0.2, 0.25) is 11.8 Å². The van der Waals surface area contributed by atoms with Gasteiger partial charge in [-0.2, -0.15) is 0 Å². The Kier molecular flexibility index (Phi) is 6.31. The Morgan fingerprint density at radius 2 is 1.83 bits per heavy atom. The molecule has 0 saturated carbocycles. The highest BCUT2D eigenvalue weighted by atomic mass is 16.5. The topological polar surface area (TPSA) is 80.3 Å². The Hall–Kier alpha value is -2.89. The van der Waals surface area contributed by atoms with E-state index in [2.05, 4.69) is 15.6 Å². The van der Waals surface area contributed by atoms with Crippen molar-refractivity contribution in [2.75, 3.05) is 17.2 Å². The van der Waals surface area contributed by atoms with Crippen LogP contribution in [0.25, 0.3) is 0 Å². The second-order valence-corrected chi connectivity index (χ2v) is 5.12. The first-order valence-electron chi connectivity index (χ1n) is 7.93. The molecule has 0 fully saturated rings. The normalized spacial score (nSPS) is 10.1. The Balaban J connectivity index is 2.11. The number of ether oxygens (including phenoxy) is 1. The maximum atomic E-state index is 12.4. The van der Waals surface area contributed by atoms with Crippen molar-refractivity contribution in [1.82, 2.24) is 4.98 Å². The summed E-state index contributed by atoms with van der Waals surface area (Å²) in [6.45, 7) is 4.20. The predicted molar refractivity (Wildman–Crippen MR) is 93.3 cm³/mol. The van der Waals surface area contributed by atoms with Crippen LogP contribution in [0.2, 0.25) is 0 Å². The van der Waals surface area contributed by atoms with Gasteiger partial charge in [-0.15, -0.1) is 0 Å². The maximum absolute atomic E-state index is 12.4. The molecule has 2 aromatic rings.